The first-order chi connectivity index (χ1) is 3.00. The predicted octanol–water partition coefficient (Wildman–Crippen LogP) is 1.41. The van der Waals surface area contributed by atoms with Crippen LogP contribution in [0.4, 0.5) is 0 Å². The van der Waals surface area contributed by atoms with Crippen molar-refractivity contribution in [3.63, 3.8) is 0 Å². The van der Waals surface area contributed by atoms with E-state index in [1.165, 1.54) is 0 Å². The Labute approximate surface area is 75.2 Å². The third-order valence-corrected chi connectivity index (χ3v) is 0.566. The Kier molecular flexibility index (Phi) is 19.5. The Balaban J connectivity index is -0.000000120. The summed E-state index contributed by atoms with van der Waals surface area (Å²) in [6.07, 6.45) is 3.50. The standard InChI is InChI=1S/C5H5N.2BrH.H2O/c1-2-4-6-5-3-1;;;/h1-5H;2*1H;1H2. The summed E-state index contributed by atoms with van der Waals surface area (Å²) in [5, 5.41) is 0. The SMILES string of the molecule is Br.Br.O.c1ccncc1. The minimum atomic E-state index is 0. The van der Waals surface area contributed by atoms with E-state index in [0.29, 0.717) is 0 Å². The summed E-state index contributed by atoms with van der Waals surface area (Å²) in [6.45, 7) is 0. The van der Waals surface area contributed by atoms with E-state index in [1.54, 1.807) is 12.4 Å². The van der Waals surface area contributed by atoms with Crippen LogP contribution in [0.15, 0.2) is 30.6 Å². The van der Waals surface area contributed by atoms with E-state index in [1.807, 2.05) is 18.2 Å². The normalized spacial score (nSPS) is 5.33. The van der Waals surface area contributed by atoms with Crippen molar-refractivity contribution in [1.29, 1.82) is 0 Å². The molecular weight excluding hydrogens is 250 g/mol. The summed E-state index contributed by atoms with van der Waals surface area (Å²) in [5.74, 6) is 0. The van der Waals surface area contributed by atoms with Crippen LogP contribution in [0.5, 0.6) is 0 Å². The van der Waals surface area contributed by atoms with E-state index < -0.39 is 0 Å². The monoisotopic (exact) mass is 257 g/mol. The second-order valence-corrected chi connectivity index (χ2v) is 1.02. The molecule has 4 heteroatoms. The van der Waals surface area contributed by atoms with Gasteiger partial charge < -0.3 is 5.48 Å². The molecule has 2 nitrogen and oxygen atoms in total. The third kappa shape index (κ3) is 8.07. The number of halogens is 2. The van der Waals surface area contributed by atoms with Gasteiger partial charge in [0.15, 0.2) is 0 Å². The Hall–Kier alpha value is 0.0700. The van der Waals surface area contributed by atoms with Crippen LogP contribution in [-0.2, 0) is 0 Å². The maximum absolute atomic E-state index is 3.78. The molecule has 54 valence electrons. The van der Waals surface area contributed by atoms with Crippen molar-refractivity contribution in [3.05, 3.63) is 30.6 Å². The summed E-state index contributed by atoms with van der Waals surface area (Å²) in [4.78, 5) is 3.78. The Morgan fingerprint density at radius 2 is 1.22 bits per heavy atom. The molecule has 0 aliphatic heterocycles. The molecular formula is C5H9Br2NO. The van der Waals surface area contributed by atoms with Gasteiger partial charge in [0, 0.05) is 12.4 Å². The van der Waals surface area contributed by atoms with Gasteiger partial charge in [-0.05, 0) is 12.1 Å². The number of rotatable bonds is 0. The lowest BCUT2D eigenvalue weighted by atomic mass is 10.5. The molecule has 1 heterocycles. The quantitative estimate of drug-likeness (QED) is 0.694. The van der Waals surface area contributed by atoms with E-state index in [9.17, 15) is 0 Å². The number of hydrogen-bond acceptors (Lipinski definition) is 1. The molecule has 0 saturated carbocycles. The highest BCUT2D eigenvalue weighted by atomic mass is 79.9. The molecule has 0 saturated heterocycles. The molecule has 0 atom stereocenters. The maximum Gasteiger partial charge on any atom is 0.0267 e. The van der Waals surface area contributed by atoms with Crippen LogP contribution in [0.1, 0.15) is 0 Å². The highest BCUT2D eigenvalue weighted by Gasteiger charge is 1.58. The van der Waals surface area contributed by atoms with Crippen molar-refractivity contribution in [1.82, 2.24) is 4.98 Å². The fourth-order valence-electron chi connectivity index (χ4n) is 0.313. The smallest absolute Gasteiger partial charge is 0.0267 e. The molecule has 1 aromatic heterocycles. The average molecular weight is 259 g/mol. The first kappa shape index (κ1) is 16.0. The van der Waals surface area contributed by atoms with Gasteiger partial charge >= 0.3 is 0 Å². The Morgan fingerprint density at radius 3 is 1.33 bits per heavy atom. The zero-order valence-corrected chi connectivity index (χ0v) is 8.08. The van der Waals surface area contributed by atoms with Gasteiger partial charge in [0.05, 0.1) is 0 Å². The Morgan fingerprint density at radius 1 is 0.778 bits per heavy atom. The summed E-state index contributed by atoms with van der Waals surface area (Å²) in [5.41, 5.74) is 0. The predicted molar refractivity (Wildman–Crippen MR) is 48.5 cm³/mol. The van der Waals surface area contributed by atoms with Crippen molar-refractivity contribution < 1.29 is 5.48 Å². The molecule has 1 rings (SSSR count). The maximum atomic E-state index is 3.78. The van der Waals surface area contributed by atoms with Gasteiger partial charge in [-0.25, -0.2) is 0 Å². The fourth-order valence-corrected chi connectivity index (χ4v) is 0.313. The van der Waals surface area contributed by atoms with Gasteiger partial charge in [0.1, 0.15) is 0 Å². The molecule has 0 fully saturated rings. The summed E-state index contributed by atoms with van der Waals surface area (Å²) in [7, 11) is 0. The molecule has 0 bridgehead atoms. The summed E-state index contributed by atoms with van der Waals surface area (Å²) in [6, 6.07) is 5.72. The zero-order chi connectivity index (χ0) is 4.24. The average Bonchev–Trinajstić information content (AvgIpc) is 1.72. The van der Waals surface area contributed by atoms with Crippen LogP contribution in [-0.4, -0.2) is 10.5 Å². The van der Waals surface area contributed by atoms with Crippen LogP contribution in [0, 0.1) is 0 Å². The van der Waals surface area contributed by atoms with E-state index >= 15 is 0 Å². The van der Waals surface area contributed by atoms with Gasteiger partial charge in [-0.2, -0.15) is 0 Å². The molecule has 0 aromatic carbocycles. The van der Waals surface area contributed by atoms with E-state index in [4.69, 9.17) is 0 Å². The van der Waals surface area contributed by atoms with Crippen LogP contribution in [0.3, 0.4) is 0 Å². The summed E-state index contributed by atoms with van der Waals surface area (Å²) >= 11 is 0. The van der Waals surface area contributed by atoms with Crippen molar-refractivity contribution in [2.45, 2.75) is 0 Å². The first-order valence-corrected chi connectivity index (χ1v) is 1.85. The fraction of sp³-hybridized carbons (Fsp3) is 0. The van der Waals surface area contributed by atoms with Gasteiger partial charge in [-0.15, -0.1) is 34.0 Å². The van der Waals surface area contributed by atoms with E-state index in [0.717, 1.165) is 0 Å². The van der Waals surface area contributed by atoms with Crippen molar-refractivity contribution in [2.24, 2.45) is 0 Å². The lowest BCUT2D eigenvalue weighted by molar-refractivity contribution is 0.824. The molecule has 2 N–H and O–H groups in total. The van der Waals surface area contributed by atoms with Crippen LogP contribution < -0.4 is 0 Å². The van der Waals surface area contributed by atoms with E-state index in [2.05, 4.69) is 4.98 Å². The number of hydrogen-bond donors (Lipinski definition) is 0. The van der Waals surface area contributed by atoms with Crippen LogP contribution in [0.2, 0.25) is 0 Å². The van der Waals surface area contributed by atoms with Crippen molar-refractivity contribution in [2.75, 3.05) is 0 Å². The Bertz CT molecular complexity index is 86.9. The number of nitrogens with zero attached hydrogens (tertiary/aromatic N) is 1. The van der Waals surface area contributed by atoms with E-state index in [-0.39, 0.29) is 39.4 Å². The van der Waals surface area contributed by atoms with Gasteiger partial charge in [-0.3, -0.25) is 4.98 Å². The lowest BCUT2D eigenvalue weighted by Gasteiger charge is -1.70. The van der Waals surface area contributed by atoms with Crippen molar-refractivity contribution in [3.8, 4) is 0 Å². The first-order valence-electron chi connectivity index (χ1n) is 1.85. The molecule has 1 aromatic rings. The van der Waals surface area contributed by atoms with Crippen LogP contribution >= 0.6 is 34.0 Å². The molecule has 0 aliphatic carbocycles. The van der Waals surface area contributed by atoms with Crippen molar-refractivity contribution >= 4 is 34.0 Å². The second kappa shape index (κ2) is 10.9. The molecule has 0 unspecified atom stereocenters. The molecule has 9 heavy (non-hydrogen) atoms. The second-order valence-electron chi connectivity index (χ2n) is 1.02. The summed E-state index contributed by atoms with van der Waals surface area (Å²) < 4.78 is 0. The highest BCUT2D eigenvalue weighted by molar-refractivity contribution is 8.93. The number of pyridine rings is 1. The molecule has 0 radical (unpaired) electrons. The number of aromatic nitrogens is 1. The zero-order valence-electron chi connectivity index (χ0n) is 4.65. The largest absolute Gasteiger partial charge is 0.412 e. The van der Waals surface area contributed by atoms with Gasteiger partial charge in [0.2, 0.25) is 0 Å². The van der Waals surface area contributed by atoms with Gasteiger partial charge in [-0.1, -0.05) is 6.07 Å². The molecule has 0 amide bonds. The highest BCUT2D eigenvalue weighted by Crippen LogP contribution is 1.73. The topological polar surface area (TPSA) is 44.4 Å². The minimum absolute atomic E-state index is 0. The minimum Gasteiger partial charge on any atom is -0.412 e. The third-order valence-electron chi connectivity index (χ3n) is 0.566. The lowest BCUT2D eigenvalue weighted by Crippen LogP contribution is -1.58. The van der Waals surface area contributed by atoms with Gasteiger partial charge in [0.25, 0.3) is 0 Å². The van der Waals surface area contributed by atoms with Crippen LogP contribution in [0.25, 0.3) is 0 Å². The molecule has 0 spiro atoms. The molecule has 0 aliphatic rings.